The van der Waals surface area contributed by atoms with Crippen LogP contribution in [-0.4, -0.2) is 13.2 Å². The van der Waals surface area contributed by atoms with Crippen LogP contribution in [-0.2, 0) is 4.84 Å². The molecular formula is C10H17NO. The van der Waals surface area contributed by atoms with E-state index in [0.717, 1.165) is 17.8 Å². The van der Waals surface area contributed by atoms with Crippen LogP contribution in [0.5, 0.6) is 0 Å². The summed E-state index contributed by atoms with van der Waals surface area (Å²) in [6.45, 7) is 2.21. The Balaban J connectivity index is 1.93. The van der Waals surface area contributed by atoms with Gasteiger partial charge in [-0.3, -0.25) is 0 Å². The number of rotatable bonds is 3. The number of hydroxylamine groups is 1. The topological polar surface area (TPSA) is 21.3 Å². The Bertz CT molecular complexity index is 190. The van der Waals surface area contributed by atoms with Gasteiger partial charge in [0, 0.05) is 6.04 Å². The highest BCUT2D eigenvalue weighted by molar-refractivity contribution is 5.11. The van der Waals surface area contributed by atoms with Gasteiger partial charge in [0.05, 0.1) is 7.11 Å². The second-order valence-electron chi connectivity index (χ2n) is 4.05. The molecule has 1 N–H and O–H groups in total. The summed E-state index contributed by atoms with van der Waals surface area (Å²) in [5, 5.41) is 0. The van der Waals surface area contributed by atoms with E-state index in [1.165, 1.54) is 12.8 Å². The number of hydrogen-bond donors (Lipinski definition) is 1. The zero-order valence-electron chi connectivity index (χ0n) is 7.79. The van der Waals surface area contributed by atoms with E-state index in [1.54, 1.807) is 7.11 Å². The summed E-state index contributed by atoms with van der Waals surface area (Å²) in [4.78, 5) is 4.95. The van der Waals surface area contributed by atoms with Crippen molar-refractivity contribution in [2.75, 3.05) is 7.11 Å². The molecule has 0 aromatic carbocycles. The van der Waals surface area contributed by atoms with E-state index >= 15 is 0 Å². The van der Waals surface area contributed by atoms with Gasteiger partial charge in [-0.05, 0) is 37.5 Å². The largest absolute Gasteiger partial charge is 0.305 e. The van der Waals surface area contributed by atoms with Gasteiger partial charge in [0.1, 0.15) is 0 Å². The highest BCUT2D eigenvalue weighted by Crippen LogP contribution is 2.44. The normalized spacial score (nSPS) is 40.7. The first kappa shape index (κ1) is 8.27. The van der Waals surface area contributed by atoms with E-state index < -0.39 is 0 Å². The van der Waals surface area contributed by atoms with Crippen LogP contribution in [0.2, 0.25) is 0 Å². The molecule has 1 fully saturated rings. The first-order valence-electron chi connectivity index (χ1n) is 4.78. The Labute approximate surface area is 73.9 Å². The summed E-state index contributed by atoms with van der Waals surface area (Å²) in [7, 11) is 1.69. The van der Waals surface area contributed by atoms with E-state index in [-0.39, 0.29) is 0 Å². The number of allylic oxidation sites excluding steroid dienone is 2. The maximum Gasteiger partial charge on any atom is 0.0572 e. The molecule has 0 aromatic heterocycles. The molecule has 0 heterocycles. The standard InChI is InChI=1S/C10H17NO/c1-7(11-12-2)10-6-8-3-4-9(10)5-8/h3-4,7-11H,5-6H2,1-2H3. The summed E-state index contributed by atoms with van der Waals surface area (Å²) >= 11 is 0. The van der Waals surface area contributed by atoms with Crippen molar-refractivity contribution in [2.24, 2.45) is 17.8 Å². The van der Waals surface area contributed by atoms with Gasteiger partial charge in [-0.1, -0.05) is 12.2 Å². The molecule has 0 aromatic rings. The lowest BCUT2D eigenvalue weighted by molar-refractivity contribution is 0.0429. The maximum atomic E-state index is 4.95. The minimum atomic E-state index is 0.495. The van der Waals surface area contributed by atoms with Gasteiger partial charge >= 0.3 is 0 Å². The lowest BCUT2D eigenvalue weighted by Gasteiger charge is -2.24. The minimum Gasteiger partial charge on any atom is -0.305 e. The number of nitrogens with one attached hydrogen (secondary N) is 1. The maximum absolute atomic E-state index is 4.95. The Morgan fingerprint density at radius 3 is 2.75 bits per heavy atom. The fourth-order valence-electron chi connectivity index (χ4n) is 2.67. The molecule has 0 aliphatic heterocycles. The van der Waals surface area contributed by atoms with Crippen LogP contribution in [0.25, 0.3) is 0 Å². The van der Waals surface area contributed by atoms with E-state index in [4.69, 9.17) is 4.84 Å². The average molecular weight is 167 g/mol. The molecule has 2 heteroatoms. The fraction of sp³-hybridized carbons (Fsp3) is 0.800. The minimum absolute atomic E-state index is 0.495. The SMILES string of the molecule is CONC(C)C1CC2C=CC1C2. The van der Waals surface area contributed by atoms with Gasteiger partial charge in [0.25, 0.3) is 0 Å². The molecule has 0 radical (unpaired) electrons. The molecular weight excluding hydrogens is 150 g/mol. The average Bonchev–Trinajstić information content (AvgIpc) is 2.64. The van der Waals surface area contributed by atoms with E-state index in [1.807, 2.05) is 0 Å². The molecule has 4 atom stereocenters. The first-order valence-corrected chi connectivity index (χ1v) is 4.78. The van der Waals surface area contributed by atoms with Crippen LogP contribution in [0.3, 0.4) is 0 Å². The van der Waals surface area contributed by atoms with Crippen molar-refractivity contribution in [1.29, 1.82) is 0 Å². The van der Waals surface area contributed by atoms with E-state index in [2.05, 4.69) is 24.6 Å². The van der Waals surface area contributed by atoms with Crippen LogP contribution in [0.1, 0.15) is 19.8 Å². The third-order valence-corrected chi connectivity index (χ3v) is 3.28. The molecule has 4 unspecified atom stereocenters. The zero-order valence-corrected chi connectivity index (χ0v) is 7.79. The summed E-state index contributed by atoms with van der Waals surface area (Å²) in [5.74, 6) is 2.47. The highest BCUT2D eigenvalue weighted by Gasteiger charge is 2.38. The summed E-state index contributed by atoms with van der Waals surface area (Å²) in [6.07, 6.45) is 7.48. The molecule has 2 aliphatic rings. The quantitative estimate of drug-likeness (QED) is 0.510. The zero-order chi connectivity index (χ0) is 8.55. The van der Waals surface area contributed by atoms with Gasteiger partial charge in [-0.2, -0.15) is 5.48 Å². The molecule has 2 aliphatic carbocycles. The van der Waals surface area contributed by atoms with E-state index in [9.17, 15) is 0 Å². The van der Waals surface area contributed by atoms with Crippen molar-refractivity contribution in [2.45, 2.75) is 25.8 Å². The monoisotopic (exact) mass is 167 g/mol. The van der Waals surface area contributed by atoms with E-state index in [0.29, 0.717) is 6.04 Å². The van der Waals surface area contributed by atoms with Crippen molar-refractivity contribution in [1.82, 2.24) is 5.48 Å². The lowest BCUT2D eigenvalue weighted by Crippen LogP contribution is -2.34. The Kier molecular flexibility index (Phi) is 2.20. The van der Waals surface area contributed by atoms with Crippen LogP contribution in [0.15, 0.2) is 12.2 Å². The van der Waals surface area contributed by atoms with Crippen LogP contribution < -0.4 is 5.48 Å². The molecule has 0 amide bonds. The van der Waals surface area contributed by atoms with Crippen molar-refractivity contribution >= 4 is 0 Å². The first-order chi connectivity index (χ1) is 5.81. The molecule has 1 saturated carbocycles. The molecule has 0 spiro atoms. The smallest absolute Gasteiger partial charge is 0.0572 e. The third-order valence-electron chi connectivity index (χ3n) is 3.28. The molecule has 2 bridgehead atoms. The Morgan fingerprint density at radius 2 is 2.25 bits per heavy atom. The molecule has 2 nitrogen and oxygen atoms in total. The number of fused-ring (bicyclic) bond motifs is 2. The second-order valence-corrected chi connectivity index (χ2v) is 4.05. The summed E-state index contributed by atoms with van der Waals surface area (Å²) in [5.41, 5.74) is 3.04. The lowest BCUT2D eigenvalue weighted by atomic mass is 9.88. The van der Waals surface area contributed by atoms with Crippen LogP contribution in [0, 0.1) is 17.8 Å². The Morgan fingerprint density at radius 1 is 1.42 bits per heavy atom. The molecule has 68 valence electrons. The molecule has 0 saturated heterocycles. The second kappa shape index (κ2) is 3.19. The predicted octanol–water partition coefficient (Wildman–Crippen LogP) is 1.74. The van der Waals surface area contributed by atoms with Crippen LogP contribution >= 0.6 is 0 Å². The van der Waals surface area contributed by atoms with Crippen molar-refractivity contribution in [3.8, 4) is 0 Å². The van der Waals surface area contributed by atoms with Crippen LogP contribution in [0.4, 0.5) is 0 Å². The van der Waals surface area contributed by atoms with Gasteiger partial charge < -0.3 is 4.84 Å². The summed E-state index contributed by atoms with van der Waals surface area (Å²) < 4.78 is 0. The van der Waals surface area contributed by atoms with Gasteiger partial charge in [0.2, 0.25) is 0 Å². The van der Waals surface area contributed by atoms with Crippen molar-refractivity contribution in [3.63, 3.8) is 0 Å². The fourth-order valence-corrected chi connectivity index (χ4v) is 2.67. The van der Waals surface area contributed by atoms with Gasteiger partial charge in [0.15, 0.2) is 0 Å². The summed E-state index contributed by atoms with van der Waals surface area (Å²) in [6, 6.07) is 0.495. The van der Waals surface area contributed by atoms with Gasteiger partial charge in [-0.25, -0.2) is 0 Å². The number of hydrogen-bond acceptors (Lipinski definition) is 2. The third kappa shape index (κ3) is 1.29. The van der Waals surface area contributed by atoms with Gasteiger partial charge in [-0.15, -0.1) is 0 Å². The van der Waals surface area contributed by atoms with Crippen molar-refractivity contribution < 1.29 is 4.84 Å². The van der Waals surface area contributed by atoms with Crippen molar-refractivity contribution in [3.05, 3.63) is 12.2 Å². The molecule has 12 heavy (non-hydrogen) atoms. The predicted molar refractivity (Wildman–Crippen MR) is 48.5 cm³/mol. The Hall–Kier alpha value is -0.340. The highest BCUT2D eigenvalue weighted by atomic mass is 16.6. The molecule has 2 rings (SSSR count).